The highest BCUT2D eigenvalue weighted by Crippen LogP contribution is 2.34. The van der Waals surface area contributed by atoms with Crippen molar-refractivity contribution in [1.29, 1.82) is 0 Å². The normalized spacial score (nSPS) is 16.4. The highest BCUT2D eigenvalue weighted by molar-refractivity contribution is 8.14. The number of urea groups is 1. The number of allylic oxidation sites excluding steroid dienone is 2. The van der Waals surface area contributed by atoms with Crippen LogP contribution in [0.3, 0.4) is 0 Å². The predicted octanol–water partition coefficient (Wildman–Crippen LogP) is 8.00. The van der Waals surface area contributed by atoms with Crippen molar-refractivity contribution in [3.05, 3.63) is 95.9 Å². The maximum absolute atomic E-state index is 13.2. The first-order valence-corrected chi connectivity index (χ1v) is 15.7. The number of alkyl halides is 3. The fraction of sp³-hybridized carbons (Fsp3) is 0.273. The molecule has 4 aromatic rings. The number of aliphatic imine (C=N–C) groups is 1. The van der Waals surface area contributed by atoms with Crippen molar-refractivity contribution in [3.63, 3.8) is 0 Å². The Labute approximate surface area is 263 Å². The zero-order chi connectivity index (χ0) is 31.4. The van der Waals surface area contributed by atoms with E-state index < -0.39 is 6.36 Å². The molecule has 2 heterocycles. The molecule has 232 valence electrons. The molecule has 1 aliphatic heterocycles. The highest BCUT2D eigenvalue weighted by Gasteiger charge is 2.31. The topological polar surface area (TPSA) is 84.6 Å². The Morgan fingerprint density at radius 1 is 1.00 bits per heavy atom. The van der Waals surface area contributed by atoms with Crippen LogP contribution in [-0.4, -0.2) is 44.6 Å². The Balaban J connectivity index is 1.15. The summed E-state index contributed by atoms with van der Waals surface area (Å²) in [7, 11) is 0. The molecule has 0 bridgehead atoms. The molecule has 2 aliphatic rings. The first-order chi connectivity index (χ1) is 21.8. The van der Waals surface area contributed by atoms with Crippen molar-refractivity contribution in [3.8, 4) is 22.8 Å². The molecule has 8 nitrogen and oxygen atoms in total. The third-order valence-corrected chi connectivity index (χ3v) is 8.71. The molecule has 1 aromatic heterocycles. The summed E-state index contributed by atoms with van der Waals surface area (Å²) in [5.41, 5.74) is 6.64. The van der Waals surface area contributed by atoms with Crippen LogP contribution >= 0.6 is 11.8 Å². The van der Waals surface area contributed by atoms with E-state index in [1.165, 1.54) is 40.8 Å². The number of aryl methyl sites for hydroxylation is 1. The Hall–Kier alpha value is -4.58. The molecule has 0 unspecified atom stereocenters. The Kier molecular flexibility index (Phi) is 8.92. The number of halogens is 3. The number of carbonyl (C=O) groups is 1. The number of anilines is 1. The largest absolute Gasteiger partial charge is 0.573 e. The van der Waals surface area contributed by atoms with E-state index in [9.17, 15) is 18.0 Å². The molecule has 45 heavy (non-hydrogen) atoms. The lowest BCUT2D eigenvalue weighted by molar-refractivity contribution is -0.274. The van der Waals surface area contributed by atoms with E-state index in [-0.39, 0.29) is 11.8 Å². The Bertz CT molecular complexity index is 1730. The average molecular weight is 633 g/mol. The second kappa shape index (κ2) is 13.2. The molecule has 0 spiro atoms. The van der Waals surface area contributed by atoms with Gasteiger partial charge in [-0.3, -0.25) is 0 Å². The highest BCUT2D eigenvalue weighted by atomic mass is 32.2. The van der Waals surface area contributed by atoms with E-state index >= 15 is 0 Å². The van der Waals surface area contributed by atoms with Gasteiger partial charge in [0.25, 0.3) is 0 Å². The van der Waals surface area contributed by atoms with Crippen LogP contribution in [0.4, 0.5) is 23.7 Å². The number of ether oxygens (including phenoxy) is 1. The van der Waals surface area contributed by atoms with E-state index in [1.54, 1.807) is 11.8 Å². The first kappa shape index (κ1) is 30.4. The van der Waals surface area contributed by atoms with Gasteiger partial charge in [0.15, 0.2) is 11.0 Å². The number of nitrogens with zero attached hydrogens (tertiary/aromatic N) is 5. The molecule has 2 amide bonds. The molecule has 1 aliphatic carbocycles. The van der Waals surface area contributed by atoms with Gasteiger partial charge in [-0.05, 0) is 79.1 Å². The lowest BCUT2D eigenvalue weighted by atomic mass is 10.0. The van der Waals surface area contributed by atoms with E-state index in [2.05, 4.69) is 49.1 Å². The van der Waals surface area contributed by atoms with Gasteiger partial charge >= 0.3 is 12.4 Å². The van der Waals surface area contributed by atoms with Crippen LogP contribution in [0.15, 0.2) is 89.8 Å². The first-order valence-electron chi connectivity index (χ1n) is 14.8. The standard InChI is InChI=1S/C33H31F3N6O2S/c1-2-22-7-3-4-10-29(22)41-19-6-20-45-32(41)39-31(43)38-28-9-5-8-27(28)23-11-13-24(14-12-23)30-37-21-42(40-30)25-15-17-26(18-16-25)44-33(34,35)36/h3-4,7,10-18,21H,2,5-6,8-9,19-20H2,1H3,(H,38,43)/b39-32-. The second-order valence-electron chi connectivity index (χ2n) is 10.6. The van der Waals surface area contributed by atoms with Gasteiger partial charge in [0, 0.05) is 29.2 Å². The molecule has 6 rings (SSSR count). The van der Waals surface area contributed by atoms with Gasteiger partial charge in [0.05, 0.1) is 5.69 Å². The molecular formula is C33H31F3N6O2S. The Morgan fingerprint density at radius 3 is 2.51 bits per heavy atom. The van der Waals surface area contributed by atoms with Crippen molar-refractivity contribution in [2.75, 3.05) is 17.2 Å². The number of hydrogen-bond acceptors (Lipinski definition) is 5. The summed E-state index contributed by atoms with van der Waals surface area (Å²) in [6.07, 6.45) is 1.23. The van der Waals surface area contributed by atoms with Crippen LogP contribution in [0.1, 0.15) is 43.7 Å². The summed E-state index contributed by atoms with van der Waals surface area (Å²) < 4.78 is 42.8. The van der Waals surface area contributed by atoms with E-state index in [1.807, 2.05) is 36.4 Å². The minimum Gasteiger partial charge on any atom is -0.406 e. The monoisotopic (exact) mass is 632 g/mol. The summed E-state index contributed by atoms with van der Waals surface area (Å²) in [6.45, 7) is 2.96. The van der Waals surface area contributed by atoms with Gasteiger partial charge in [-0.15, -0.1) is 18.3 Å². The molecule has 1 N–H and O–H groups in total. The zero-order valence-electron chi connectivity index (χ0n) is 24.6. The molecule has 0 saturated carbocycles. The summed E-state index contributed by atoms with van der Waals surface area (Å²) in [5.74, 6) is 1.09. The summed E-state index contributed by atoms with van der Waals surface area (Å²) in [5, 5.41) is 8.28. The van der Waals surface area contributed by atoms with Crippen molar-refractivity contribution in [2.45, 2.75) is 45.4 Å². The van der Waals surface area contributed by atoms with Gasteiger partial charge in [0.1, 0.15) is 12.1 Å². The third-order valence-electron chi connectivity index (χ3n) is 7.64. The van der Waals surface area contributed by atoms with E-state index in [4.69, 9.17) is 0 Å². The number of amides is 2. The summed E-state index contributed by atoms with van der Waals surface area (Å²) in [6, 6.07) is 21.1. The van der Waals surface area contributed by atoms with Crippen LogP contribution in [0, 0.1) is 0 Å². The molecule has 0 atom stereocenters. The van der Waals surface area contributed by atoms with E-state index in [0.29, 0.717) is 11.5 Å². The fourth-order valence-corrected chi connectivity index (χ4v) is 6.48. The number of nitrogens with one attached hydrogen (secondary N) is 1. The smallest absolute Gasteiger partial charge is 0.406 e. The van der Waals surface area contributed by atoms with Gasteiger partial charge in [-0.1, -0.05) is 61.2 Å². The lowest BCUT2D eigenvalue weighted by Gasteiger charge is -2.31. The van der Waals surface area contributed by atoms with Crippen molar-refractivity contribution >= 4 is 34.2 Å². The Morgan fingerprint density at radius 2 is 1.76 bits per heavy atom. The number of amidine groups is 1. The predicted molar refractivity (Wildman–Crippen MR) is 170 cm³/mol. The molecular weight excluding hydrogens is 601 g/mol. The van der Waals surface area contributed by atoms with Gasteiger partial charge in [-0.2, -0.15) is 4.99 Å². The molecule has 0 radical (unpaired) electrons. The van der Waals surface area contributed by atoms with Gasteiger partial charge in [-0.25, -0.2) is 14.5 Å². The number of benzene rings is 3. The lowest BCUT2D eigenvalue weighted by Crippen LogP contribution is -2.36. The van der Waals surface area contributed by atoms with Crippen LogP contribution in [-0.2, 0) is 6.42 Å². The average Bonchev–Trinajstić information content (AvgIpc) is 3.71. The zero-order valence-corrected chi connectivity index (χ0v) is 25.4. The van der Waals surface area contributed by atoms with Crippen LogP contribution in [0.25, 0.3) is 22.6 Å². The van der Waals surface area contributed by atoms with Gasteiger partial charge in [0.2, 0.25) is 0 Å². The van der Waals surface area contributed by atoms with Crippen LogP contribution in [0.2, 0.25) is 0 Å². The third kappa shape index (κ3) is 7.22. The number of carbonyl (C=O) groups excluding carboxylic acids is 1. The minimum absolute atomic E-state index is 0.307. The summed E-state index contributed by atoms with van der Waals surface area (Å²) >= 11 is 1.61. The van der Waals surface area contributed by atoms with Gasteiger partial charge < -0.3 is 15.0 Å². The quantitative estimate of drug-likeness (QED) is 0.222. The summed E-state index contributed by atoms with van der Waals surface area (Å²) in [4.78, 5) is 24.2. The number of rotatable bonds is 7. The maximum Gasteiger partial charge on any atom is 0.573 e. The SMILES string of the molecule is CCc1ccccc1N1CCCS/C1=N\C(=O)NC1=C(c2ccc(-c3ncn(-c4ccc(OC(F)(F)F)cc4)n3)cc2)CCC1. The molecule has 1 fully saturated rings. The van der Waals surface area contributed by atoms with Crippen molar-refractivity contribution in [2.24, 2.45) is 4.99 Å². The number of thioether (sulfide) groups is 1. The number of para-hydroxylation sites is 1. The molecule has 3 aromatic carbocycles. The van der Waals surface area contributed by atoms with Crippen molar-refractivity contribution < 1.29 is 22.7 Å². The fourth-order valence-electron chi connectivity index (χ4n) is 5.53. The number of aromatic nitrogens is 3. The van der Waals surface area contributed by atoms with Crippen LogP contribution < -0.4 is 15.0 Å². The van der Waals surface area contributed by atoms with Crippen molar-refractivity contribution in [1.82, 2.24) is 20.1 Å². The number of hydrogen-bond donors (Lipinski definition) is 1. The second-order valence-corrected chi connectivity index (χ2v) is 11.7. The minimum atomic E-state index is -4.75. The van der Waals surface area contributed by atoms with Crippen LogP contribution in [0.5, 0.6) is 5.75 Å². The molecule has 12 heteroatoms. The van der Waals surface area contributed by atoms with E-state index in [0.717, 1.165) is 77.7 Å². The molecule has 1 saturated heterocycles. The maximum atomic E-state index is 13.2.